The van der Waals surface area contributed by atoms with E-state index in [1.807, 2.05) is 72.5 Å². The fourth-order valence-electron chi connectivity index (χ4n) is 4.00. The van der Waals surface area contributed by atoms with Gasteiger partial charge in [0.05, 0.1) is 4.92 Å². The highest BCUT2D eigenvalue weighted by Gasteiger charge is 2.24. The van der Waals surface area contributed by atoms with E-state index < -0.39 is 0 Å². The third-order valence-electron chi connectivity index (χ3n) is 5.87. The Morgan fingerprint density at radius 1 is 1.00 bits per heavy atom. The van der Waals surface area contributed by atoms with Crippen molar-refractivity contribution < 1.29 is 9.72 Å². The Labute approximate surface area is 201 Å². The largest absolute Gasteiger partial charge is 0.373 e. The first-order chi connectivity index (χ1) is 15.9. The van der Waals surface area contributed by atoms with E-state index in [4.69, 9.17) is 0 Å². The van der Waals surface area contributed by atoms with Gasteiger partial charge in [-0.25, -0.2) is 0 Å². The predicted octanol–water partition coefficient (Wildman–Crippen LogP) is 5.49. The second-order valence-electron chi connectivity index (χ2n) is 8.02. The van der Waals surface area contributed by atoms with E-state index in [-0.39, 0.29) is 22.6 Å². The minimum absolute atomic E-state index is 0.0184. The Hall–Kier alpha value is -3.39. The molecule has 0 radical (unpaired) electrons. The zero-order valence-corrected chi connectivity index (χ0v) is 19.9. The quantitative estimate of drug-likeness (QED) is 0.351. The van der Waals surface area contributed by atoms with Gasteiger partial charge in [0.15, 0.2) is 0 Å². The fraction of sp³-hybridized carbons (Fsp3) is 0.240. The Bertz CT molecular complexity index is 1130. The maximum absolute atomic E-state index is 12.8. The van der Waals surface area contributed by atoms with Crippen LogP contribution in [-0.4, -0.2) is 41.9 Å². The molecule has 4 rings (SSSR count). The monoisotopic (exact) mass is 508 g/mol. The van der Waals surface area contributed by atoms with Gasteiger partial charge in [-0.1, -0.05) is 46.3 Å². The summed E-state index contributed by atoms with van der Waals surface area (Å²) >= 11 is 3.39. The maximum Gasteiger partial charge on any atom is 0.292 e. The Kier molecular flexibility index (Phi) is 6.93. The summed E-state index contributed by atoms with van der Waals surface area (Å²) in [5.74, 6) is 0.0184. The summed E-state index contributed by atoms with van der Waals surface area (Å²) in [5, 5.41) is 14.9. The number of carbonyl (C=O) groups excluding carboxylic acids is 1. The number of carbonyl (C=O) groups is 1. The molecule has 1 saturated heterocycles. The molecule has 1 fully saturated rings. The summed E-state index contributed by atoms with van der Waals surface area (Å²) in [6, 6.07) is 22.3. The van der Waals surface area contributed by atoms with Crippen LogP contribution in [0.25, 0.3) is 0 Å². The first-order valence-corrected chi connectivity index (χ1v) is 11.6. The topological polar surface area (TPSA) is 78.7 Å². The summed E-state index contributed by atoms with van der Waals surface area (Å²) in [7, 11) is 0. The molecule has 3 aromatic carbocycles. The van der Waals surface area contributed by atoms with Gasteiger partial charge >= 0.3 is 0 Å². The number of piperazine rings is 1. The minimum Gasteiger partial charge on any atom is -0.373 e. The van der Waals surface area contributed by atoms with Crippen LogP contribution in [0, 0.1) is 10.1 Å². The molecule has 8 heteroatoms. The van der Waals surface area contributed by atoms with E-state index in [2.05, 4.69) is 26.1 Å². The van der Waals surface area contributed by atoms with Crippen LogP contribution in [0.1, 0.15) is 28.9 Å². The zero-order chi connectivity index (χ0) is 23.4. The van der Waals surface area contributed by atoms with Gasteiger partial charge in [0.1, 0.15) is 5.69 Å². The molecule has 7 nitrogen and oxygen atoms in total. The standard InChI is InChI=1S/C25H25BrN4O3/c1-18(19-5-3-2-4-6-19)27-23-17-22(11-12-24(23)30(32)33)28-13-15-29(16-14-28)25(31)20-7-9-21(26)10-8-20/h2-12,17-18,27H,13-16H2,1H3. The number of benzene rings is 3. The maximum atomic E-state index is 12.8. The highest BCUT2D eigenvalue weighted by molar-refractivity contribution is 9.10. The van der Waals surface area contributed by atoms with Crippen molar-refractivity contribution >= 4 is 38.9 Å². The van der Waals surface area contributed by atoms with Crippen LogP contribution >= 0.6 is 15.9 Å². The average molecular weight is 509 g/mol. The molecular formula is C25H25BrN4O3. The number of nitrogens with one attached hydrogen (secondary N) is 1. The van der Waals surface area contributed by atoms with E-state index >= 15 is 0 Å². The Morgan fingerprint density at radius 2 is 1.67 bits per heavy atom. The first kappa shape index (κ1) is 22.8. The number of hydrogen-bond donors (Lipinski definition) is 1. The third-order valence-corrected chi connectivity index (χ3v) is 6.40. The molecule has 1 aliphatic heterocycles. The summed E-state index contributed by atoms with van der Waals surface area (Å²) in [6.45, 7) is 4.49. The number of amides is 1. The van der Waals surface area contributed by atoms with Gasteiger partial charge in [0.2, 0.25) is 0 Å². The van der Waals surface area contributed by atoms with E-state index in [0.717, 1.165) is 15.7 Å². The number of halogens is 1. The fourth-order valence-corrected chi connectivity index (χ4v) is 4.26. The molecule has 1 amide bonds. The van der Waals surface area contributed by atoms with Crippen molar-refractivity contribution in [1.82, 2.24) is 4.90 Å². The summed E-state index contributed by atoms with van der Waals surface area (Å²) < 4.78 is 0.938. The van der Waals surface area contributed by atoms with Crippen molar-refractivity contribution in [2.45, 2.75) is 13.0 Å². The van der Waals surface area contributed by atoms with E-state index in [9.17, 15) is 14.9 Å². The van der Waals surface area contributed by atoms with Crippen molar-refractivity contribution in [3.63, 3.8) is 0 Å². The zero-order valence-electron chi connectivity index (χ0n) is 18.3. The third kappa shape index (κ3) is 5.34. The van der Waals surface area contributed by atoms with Crippen molar-refractivity contribution in [1.29, 1.82) is 0 Å². The number of hydrogen-bond acceptors (Lipinski definition) is 5. The molecule has 0 aromatic heterocycles. The number of anilines is 2. The van der Waals surface area contributed by atoms with Gasteiger partial charge in [-0.15, -0.1) is 0 Å². The number of nitro groups is 1. The lowest BCUT2D eigenvalue weighted by Crippen LogP contribution is -2.48. The number of nitrogens with zero attached hydrogens (tertiary/aromatic N) is 3. The molecule has 1 atom stereocenters. The van der Waals surface area contributed by atoms with Gasteiger partial charge in [0, 0.05) is 54.0 Å². The molecule has 170 valence electrons. The SMILES string of the molecule is CC(Nc1cc(N2CCN(C(=O)c3ccc(Br)cc3)CC2)ccc1[N+](=O)[O-])c1ccccc1. The van der Waals surface area contributed by atoms with Gasteiger partial charge in [0.25, 0.3) is 11.6 Å². The van der Waals surface area contributed by atoms with Crippen LogP contribution < -0.4 is 10.2 Å². The van der Waals surface area contributed by atoms with Gasteiger partial charge in [-0.05, 0) is 48.9 Å². The molecular weight excluding hydrogens is 484 g/mol. The molecule has 0 bridgehead atoms. The second kappa shape index (κ2) is 10.0. The lowest BCUT2D eigenvalue weighted by Gasteiger charge is -2.36. The van der Waals surface area contributed by atoms with Crippen LogP contribution in [-0.2, 0) is 0 Å². The van der Waals surface area contributed by atoms with Gasteiger partial charge in [-0.2, -0.15) is 0 Å². The molecule has 1 heterocycles. The van der Waals surface area contributed by atoms with E-state index in [1.54, 1.807) is 12.1 Å². The lowest BCUT2D eigenvalue weighted by atomic mass is 10.1. The smallest absolute Gasteiger partial charge is 0.292 e. The van der Waals surface area contributed by atoms with Crippen molar-refractivity contribution in [2.75, 3.05) is 36.4 Å². The van der Waals surface area contributed by atoms with Crippen molar-refractivity contribution in [3.05, 3.63) is 98.5 Å². The average Bonchev–Trinajstić information content (AvgIpc) is 2.84. The number of nitro benzene ring substituents is 1. The molecule has 0 aliphatic carbocycles. The predicted molar refractivity (Wildman–Crippen MR) is 134 cm³/mol. The second-order valence-corrected chi connectivity index (χ2v) is 8.94. The highest BCUT2D eigenvalue weighted by Crippen LogP contribution is 2.33. The first-order valence-electron chi connectivity index (χ1n) is 10.8. The van der Waals surface area contributed by atoms with Crippen molar-refractivity contribution in [2.24, 2.45) is 0 Å². The molecule has 1 aliphatic rings. The van der Waals surface area contributed by atoms with Crippen LogP contribution in [0.15, 0.2) is 77.3 Å². The summed E-state index contributed by atoms with van der Waals surface area (Å²) in [4.78, 5) is 28.0. The van der Waals surface area contributed by atoms with Crippen LogP contribution in [0.5, 0.6) is 0 Å². The van der Waals surface area contributed by atoms with Crippen LogP contribution in [0.4, 0.5) is 17.1 Å². The molecule has 1 N–H and O–H groups in total. The molecule has 33 heavy (non-hydrogen) atoms. The van der Waals surface area contributed by atoms with Gasteiger partial charge in [-0.3, -0.25) is 14.9 Å². The number of rotatable bonds is 6. The highest BCUT2D eigenvalue weighted by atomic mass is 79.9. The van der Waals surface area contributed by atoms with E-state index in [1.165, 1.54) is 0 Å². The molecule has 3 aromatic rings. The minimum atomic E-state index is -0.362. The van der Waals surface area contributed by atoms with E-state index in [0.29, 0.717) is 37.4 Å². The Morgan fingerprint density at radius 3 is 2.30 bits per heavy atom. The van der Waals surface area contributed by atoms with Gasteiger partial charge < -0.3 is 15.1 Å². The normalized spacial score (nSPS) is 14.6. The lowest BCUT2D eigenvalue weighted by molar-refractivity contribution is -0.384. The molecule has 0 saturated carbocycles. The Balaban J connectivity index is 1.47. The summed E-state index contributed by atoms with van der Waals surface area (Å²) in [5.41, 5.74) is 3.16. The summed E-state index contributed by atoms with van der Waals surface area (Å²) in [6.07, 6.45) is 0. The van der Waals surface area contributed by atoms with Crippen LogP contribution in [0.2, 0.25) is 0 Å². The molecule has 0 spiro atoms. The van der Waals surface area contributed by atoms with Crippen molar-refractivity contribution in [3.8, 4) is 0 Å². The van der Waals surface area contributed by atoms with Crippen LogP contribution in [0.3, 0.4) is 0 Å². The molecule has 1 unspecified atom stereocenters.